The SMILES string of the molecule is CCOC(=O)C1=C(C)Nc2nnnn2C1c1cc(Br)ccc1OCc1ccc(C)cc1. The average Bonchev–Trinajstić information content (AvgIpc) is 3.21. The number of nitrogens with one attached hydrogen (secondary N) is 1. The first-order valence-electron chi connectivity index (χ1n) is 9.88. The zero-order chi connectivity index (χ0) is 22.0. The van der Waals surface area contributed by atoms with Gasteiger partial charge in [-0.15, -0.1) is 0 Å². The van der Waals surface area contributed by atoms with Crippen LogP contribution in [0.5, 0.6) is 5.75 Å². The maximum Gasteiger partial charge on any atom is 0.338 e. The van der Waals surface area contributed by atoms with Crippen molar-refractivity contribution in [3.63, 3.8) is 0 Å². The summed E-state index contributed by atoms with van der Waals surface area (Å²) in [7, 11) is 0. The molecule has 0 radical (unpaired) electrons. The molecule has 9 heteroatoms. The van der Waals surface area contributed by atoms with Gasteiger partial charge in [0.15, 0.2) is 0 Å². The van der Waals surface area contributed by atoms with Crippen molar-refractivity contribution in [2.75, 3.05) is 11.9 Å². The van der Waals surface area contributed by atoms with Crippen molar-refractivity contribution >= 4 is 27.8 Å². The number of hydrogen-bond acceptors (Lipinski definition) is 7. The summed E-state index contributed by atoms with van der Waals surface area (Å²) in [6.45, 7) is 6.28. The molecule has 8 nitrogen and oxygen atoms in total. The molecule has 31 heavy (non-hydrogen) atoms. The molecule has 160 valence electrons. The summed E-state index contributed by atoms with van der Waals surface area (Å²) in [5.41, 5.74) is 4.05. The van der Waals surface area contributed by atoms with Gasteiger partial charge in [0.1, 0.15) is 18.4 Å². The molecule has 2 aromatic carbocycles. The molecule has 2 heterocycles. The Morgan fingerprint density at radius 2 is 1.97 bits per heavy atom. The van der Waals surface area contributed by atoms with Crippen LogP contribution in [0.1, 0.15) is 36.6 Å². The highest BCUT2D eigenvalue weighted by Crippen LogP contribution is 2.40. The lowest BCUT2D eigenvalue weighted by Gasteiger charge is -2.28. The Hall–Kier alpha value is -3.20. The van der Waals surface area contributed by atoms with Crippen molar-refractivity contribution in [3.8, 4) is 5.75 Å². The Morgan fingerprint density at radius 1 is 1.19 bits per heavy atom. The van der Waals surface area contributed by atoms with Crippen LogP contribution in [0, 0.1) is 6.92 Å². The Labute approximate surface area is 188 Å². The number of fused-ring (bicyclic) bond motifs is 1. The molecule has 1 atom stereocenters. The summed E-state index contributed by atoms with van der Waals surface area (Å²) in [4.78, 5) is 12.9. The van der Waals surface area contributed by atoms with Crippen molar-refractivity contribution in [3.05, 3.63) is 74.9 Å². The number of nitrogens with zero attached hydrogens (tertiary/aromatic N) is 4. The molecule has 1 N–H and O–H groups in total. The molecule has 3 aromatic rings. The highest BCUT2D eigenvalue weighted by atomic mass is 79.9. The van der Waals surface area contributed by atoms with E-state index in [0.717, 1.165) is 15.6 Å². The fourth-order valence-electron chi connectivity index (χ4n) is 3.48. The Bertz CT molecular complexity index is 1140. The van der Waals surface area contributed by atoms with Gasteiger partial charge in [0.05, 0.1) is 12.2 Å². The minimum absolute atomic E-state index is 0.264. The first kappa shape index (κ1) is 21.0. The maximum atomic E-state index is 12.9. The quantitative estimate of drug-likeness (QED) is 0.525. The molecule has 0 fully saturated rings. The molecule has 0 bridgehead atoms. The van der Waals surface area contributed by atoms with E-state index in [0.29, 0.717) is 29.6 Å². The van der Waals surface area contributed by atoms with Crippen LogP contribution in [0.2, 0.25) is 0 Å². The van der Waals surface area contributed by atoms with Crippen LogP contribution in [-0.2, 0) is 16.1 Å². The minimum Gasteiger partial charge on any atom is -0.489 e. The number of carbonyl (C=O) groups excluding carboxylic acids is 1. The van der Waals surface area contributed by atoms with E-state index in [1.165, 1.54) is 5.56 Å². The van der Waals surface area contributed by atoms with E-state index in [1.807, 2.05) is 56.3 Å². The fourth-order valence-corrected chi connectivity index (χ4v) is 3.86. The molecule has 0 saturated heterocycles. The molecule has 0 spiro atoms. The van der Waals surface area contributed by atoms with E-state index in [9.17, 15) is 4.79 Å². The molecule has 4 rings (SSSR count). The third-order valence-electron chi connectivity index (χ3n) is 4.99. The molecule has 1 unspecified atom stereocenters. The van der Waals surface area contributed by atoms with Gasteiger partial charge in [-0.2, -0.15) is 4.68 Å². The largest absolute Gasteiger partial charge is 0.489 e. The van der Waals surface area contributed by atoms with E-state index in [1.54, 1.807) is 11.6 Å². The van der Waals surface area contributed by atoms with Crippen molar-refractivity contribution in [2.45, 2.75) is 33.4 Å². The first-order valence-corrected chi connectivity index (χ1v) is 10.7. The van der Waals surface area contributed by atoms with Crippen molar-refractivity contribution < 1.29 is 14.3 Å². The number of esters is 1. The third kappa shape index (κ3) is 4.32. The standard InChI is InChI=1S/C22H22BrN5O3/c1-4-30-21(29)19-14(3)24-22-25-26-27-28(22)20(19)17-11-16(23)9-10-18(17)31-12-15-7-5-13(2)6-8-15/h5-11,20H,4,12H2,1-3H3,(H,24,25,27). The van der Waals surface area contributed by atoms with Gasteiger partial charge >= 0.3 is 5.97 Å². The van der Waals surface area contributed by atoms with E-state index in [-0.39, 0.29) is 6.61 Å². The van der Waals surface area contributed by atoms with E-state index in [2.05, 4.69) is 36.8 Å². The molecule has 1 aliphatic heterocycles. The molecule has 0 amide bonds. The summed E-state index contributed by atoms with van der Waals surface area (Å²) in [5, 5.41) is 15.0. The van der Waals surface area contributed by atoms with Crippen LogP contribution < -0.4 is 10.1 Å². The van der Waals surface area contributed by atoms with Gasteiger partial charge in [0, 0.05) is 15.7 Å². The molecule has 0 aliphatic carbocycles. The Morgan fingerprint density at radius 3 is 2.71 bits per heavy atom. The highest BCUT2D eigenvalue weighted by Gasteiger charge is 2.36. The second-order valence-corrected chi connectivity index (χ2v) is 8.11. The van der Waals surface area contributed by atoms with Crippen molar-refractivity contribution in [2.24, 2.45) is 0 Å². The highest BCUT2D eigenvalue weighted by molar-refractivity contribution is 9.10. The van der Waals surface area contributed by atoms with Crippen LogP contribution in [0.4, 0.5) is 5.95 Å². The second-order valence-electron chi connectivity index (χ2n) is 7.19. The van der Waals surface area contributed by atoms with Gasteiger partial charge in [0.25, 0.3) is 0 Å². The predicted octanol–water partition coefficient (Wildman–Crippen LogP) is 4.18. The summed E-state index contributed by atoms with van der Waals surface area (Å²) in [5.74, 6) is 0.648. The Balaban J connectivity index is 1.76. The van der Waals surface area contributed by atoms with Gasteiger partial charge in [-0.1, -0.05) is 50.9 Å². The maximum absolute atomic E-state index is 12.9. The summed E-state index contributed by atoms with van der Waals surface area (Å²) < 4.78 is 13.9. The monoisotopic (exact) mass is 483 g/mol. The van der Waals surface area contributed by atoms with Gasteiger partial charge in [-0.3, -0.25) is 0 Å². The van der Waals surface area contributed by atoms with Crippen LogP contribution >= 0.6 is 15.9 Å². The fraction of sp³-hybridized carbons (Fsp3) is 0.273. The topological polar surface area (TPSA) is 91.2 Å². The number of carbonyl (C=O) groups is 1. The number of hydrogen-bond donors (Lipinski definition) is 1. The van der Waals surface area contributed by atoms with E-state index in [4.69, 9.17) is 9.47 Å². The number of ether oxygens (including phenoxy) is 2. The zero-order valence-electron chi connectivity index (χ0n) is 17.4. The lowest BCUT2D eigenvalue weighted by Crippen LogP contribution is -2.30. The summed E-state index contributed by atoms with van der Waals surface area (Å²) in [6.07, 6.45) is 0. The normalized spacial score (nSPS) is 15.3. The van der Waals surface area contributed by atoms with Gasteiger partial charge in [-0.25, -0.2) is 4.79 Å². The molecule has 0 saturated carbocycles. The predicted molar refractivity (Wildman–Crippen MR) is 119 cm³/mol. The van der Waals surface area contributed by atoms with E-state index >= 15 is 0 Å². The summed E-state index contributed by atoms with van der Waals surface area (Å²) in [6, 6.07) is 13.2. The number of aromatic nitrogens is 4. The van der Waals surface area contributed by atoms with Crippen molar-refractivity contribution in [1.29, 1.82) is 0 Å². The lowest BCUT2D eigenvalue weighted by molar-refractivity contribution is -0.139. The Kier molecular flexibility index (Phi) is 6.03. The molecular weight excluding hydrogens is 462 g/mol. The minimum atomic E-state index is -0.601. The number of tetrazole rings is 1. The van der Waals surface area contributed by atoms with Crippen molar-refractivity contribution in [1.82, 2.24) is 20.2 Å². The smallest absolute Gasteiger partial charge is 0.338 e. The van der Waals surface area contributed by atoms with E-state index < -0.39 is 12.0 Å². The molecule has 1 aromatic heterocycles. The lowest BCUT2D eigenvalue weighted by atomic mass is 9.95. The third-order valence-corrected chi connectivity index (χ3v) is 5.48. The zero-order valence-corrected chi connectivity index (χ0v) is 19.0. The molecule has 1 aliphatic rings. The summed E-state index contributed by atoms with van der Waals surface area (Å²) >= 11 is 3.54. The number of rotatable bonds is 6. The van der Waals surface area contributed by atoms with Crippen LogP contribution in [0.3, 0.4) is 0 Å². The number of benzene rings is 2. The first-order chi connectivity index (χ1) is 15.0. The number of aryl methyl sites for hydroxylation is 1. The van der Waals surface area contributed by atoms with Gasteiger partial charge in [-0.05, 0) is 55.0 Å². The van der Waals surface area contributed by atoms with Crippen LogP contribution in [0.15, 0.2) is 58.2 Å². The van der Waals surface area contributed by atoms with Crippen LogP contribution in [-0.4, -0.2) is 32.8 Å². The number of allylic oxidation sites excluding steroid dienone is 1. The van der Waals surface area contributed by atoms with Gasteiger partial charge < -0.3 is 14.8 Å². The number of halogens is 1. The average molecular weight is 484 g/mol. The second kappa shape index (κ2) is 8.89. The van der Waals surface area contributed by atoms with Gasteiger partial charge in [0.2, 0.25) is 5.95 Å². The molecular formula is C22H22BrN5O3. The number of anilines is 1. The van der Waals surface area contributed by atoms with Crippen LogP contribution in [0.25, 0.3) is 0 Å².